The first-order valence-corrected chi connectivity index (χ1v) is 13.2. The number of aromatic nitrogens is 4. The Kier molecular flexibility index (Phi) is 9.32. The molecule has 1 aromatic carbocycles. The normalized spacial score (nSPS) is 12.8. The third-order valence-electron chi connectivity index (χ3n) is 5.64. The van der Waals surface area contributed by atoms with Crippen LogP contribution in [-0.4, -0.2) is 39.0 Å². The highest BCUT2D eigenvalue weighted by atomic mass is 32.2. The number of ether oxygens (including phenoxy) is 1. The Morgan fingerprint density at radius 2 is 1.86 bits per heavy atom. The number of rotatable bonds is 15. The Hall–Kier alpha value is -3.40. The first-order chi connectivity index (χ1) is 17.6. The highest BCUT2D eigenvalue weighted by Gasteiger charge is 2.29. The van der Waals surface area contributed by atoms with Crippen molar-refractivity contribution < 1.29 is 14.3 Å². The summed E-state index contributed by atoms with van der Waals surface area (Å²) in [5, 5.41) is 13.8. The van der Waals surface area contributed by atoms with Crippen molar-refractivity contribution in [2.75, 3.05) is 17.2 Å². The number of aldehydes is 1. The summed E-state index contributed by atoms with van der Waals surface area (Å²) in [6, 6.07) is 11.3. The van der Waals surface area contributed by atoms with E-state index in [9.17, 15) is 9.59 Å². The van der Waals surface area contributed by atoms with Gasteiger partial charge in [0, 0.05) is 40.7 Å². The molecule has 3 aromatic rings. The van der Waals surface area contributed by atoms with Crippen molar-refractivity contribution in [3.63, 3.8) is 0 Å². The summed E-state index contributed by atoms with van der Waals surface area (Å²) in [7, 11) is 0. The number of amides is 1. The molecule has 2 heterocycles. The van der Waals surface area contributed by atoms with Gasteiger partial charge in [0.15, 0.2) is 11.0 Å². The van der Waals surface area contributed by atoms with E-state index >= 15 is 0 Å². The summed E-state index contributed by atoms with van der Waals surface area (Å²) in [5.74, 6) is 2.02. The standard InChI is InChI=1S/C26H32N6O3S/c1-18-16-23(32-31-18)28-22-17-24(35-15-7-5-3-2-4-6-14-33)30-26(29-22)36-21-12-10-20(11-13-21)27-25(34)19-8-9-19/h10-14,16-17,19H,2-9,15H2,1H3,(H,27,34)(H2,28,29,30,31,32). The molecular formula is C26H32N6O3S. The Morgan fingerprint density at radius 1 is 1.08 bits per heavy atom. The molecule has 0 unspecified atom stereocenters. The topological polar surface area (TPSA) is 122 Å². The van der Waals surface area contributed by atoms with E-state index in [1.807, 2.05) is 37.3 Å². The highest BCUT2D eigenvalue weighted by Crippen LogP contribution is 2.32. The minimum absolute atomic E-state index is 0.0915. The second-order valence-electron chi connectivity index (χ2n) is 8.90. The molecule has 1 saturated carbocycles. The number of carbonyl (C=O) groups is 2. The summed E-state index contributed by atoms with van der Waals surface area (Å²) in [4.78, 5) is 32.6. The number of unbranched alkanes of at least 4 members (excludes halogenated alkanes) is 5. The van der Waals surface area contributed by atoms with Gasteiger partial charge in [0.1, 0.15) is 12.1 Å². The van der Waals surface area contributed by atoms with Gasteiger partial charge in [-0.25, -0.2) is 4.98 Å². The molecule has 0 spiro atoms. The van der Waals surface area contributed by atoms with Gasteiger partial charge in [-0.2, -0.15) is 10.1 Å². The van der Waals surface area contributed by atoms with Gasteiger partial charge in [0.25, 0.3) is 0 Å². The van der Waals surface area contributed by atoms with Gasteiger partial charge >= 0.3 is 0 Å². The van der Waals surface area contributed by atoms with E-state index in [0.717, 1.165) is 67.5 Å². The van der Waals surface area contributed by atoms with Crippen LogP contribution in [0, 0.1) is 12.8 Å². The number of aromatic amines is 1. The minimum Gasteiger partial charge on any atom is -0.478 e. The van der Waals surface area contributed by atoms with Crippen LogP contribution in [-0.2, 0) is 9.59 Å². The lowest BCUT2D eigenvalue weighted by atomic mass is 10.1. The van der Waals surface area contributed by atoms with E-state index in [0.29, 0.717) is 35.7 Å². The van der Waals surface area contributed by atoms with Gasteiger partial charge in [-0.15, -0.1) is 0 Å². The second kappa shape index (κ2) is 13.1. The van der Waals surface area contributed by atoms with Crippen LogP contribution in [0.1, 0.15) is 57.1 Å². The Bertz CT molecular complexity index is 1150. The molecule has 0 saturated heterocycles. The molecule has 2 aromatic heterocycles. The van der Waals surface area contributed by atoms with Crippen LogP contribution >= 0.6 is 11.8 Å². The molecule has 3 N–H and O–H groups in total. The van der Waals surface area contributed by atoms with Gasteiger partial charge in [0.2, 0.25) is 11.8 Å². The number of nitrogens with one attached hydrogen (secondary N) is 3. The van der Waals surface area contributed by atoms with E-state index in [2.05, 4.69) is 30.8 Å². The minimum atomic E-state index is 0.0915. The lowest BCUT2D eigenvalue weighted by molar-refractivity contribution is -0.117. The molecule has 4 rings (SSSR count). The molecule has 1 aliphatic carbocycles. The summed E-state index contributed by atoms with van der Waals surface area (Å²) in [6.07, 6.45) is 8.64. The fraction of sp³-hybridized carbons (Fsp3) is 0.423. The number of hydrogen-bond acceptors (Lipinski definition) is 8. The fourth-order valence-electron chi connectivity index (χ4n) is 3.54. The van der Waals surface area contributed by atoms with E-state index in [1.165, 1.54) is 11.8 Å². The maximum absolute atomic E-state index is 12.0. The highest BCUT2D eigenvalue weighted by molar-refractivity contribution is 7.99. The fourth-order valence-corrected chi connectivity index (χ4v) is 4.30. The van der Waals surface area contributed by atoms with Crippen LogP contribution in [0.2, 0.25) is 0 Å². The van der Waals surface area contributed by atoms with Crippen molar-refractivity contribution in [1.82, 2.24) is 20.2 Å². The number of aryl methyl sites for hydroxylation is 1. The Balaban J connectivity index is 1.37. The van der Waals surface area contributed by atoms with Crippen molar-refractivity contribution in [3.8, 4) is 5.88 Å². The summed E-state index contributed by atoms with van der Waals surface area (Å²) >= 11 is 1.42. The van der Waals surface area contributed by atoms with E-state index in [1.54, 1.807) is 6.07 Å². The third-order valence-corrected chi connectivity index (χ3v) is 6.51. The van der Waals surface area contributed by atoms with E-state index < -0.39 is 0 Å². The van der Waals surface area contributed by atoms with E-state index in [4.69, 9.17) is 4.74 Å². The average molecular weight is 509 g/mol. The van der Waals surface area contributed by atoms with Crippen LogP contribution < -0.4 is 15.4 Å². The van der Waals surface area contributed by atoms with Crippen LogP contribution in [0.15, 0.2) is 46.5 Å². The van der Waals surface area contributed by atoms with Crippen molar-refractivity contribution in [2.24, 2.45) is 5.92 Å². The average Bonchev–Trinajstić information content (AvgIpc) is 3.64. The summed E-state index contributed by atoms with van der Waals surface area (Å²) in [5.41, 5.74) is 1.73. The van der Waals surface area contributed by atoms with Gasteiger partial charge < -0.3 is 20.2 Å². The molecule has 36 heavy (non-hydrogen) atoms. The maximum atomic E-state index is 12.0. The summed E-state index contributed by atoms with van der Waals surface area (Å²) in [6.45, 7) is 2.49. The lowest BCUT2D eigenvalue weighted by Gasteiger charge is -2.10. The van der Waals surface area contributed by atoms with Crippen LogP contribution in [0.5, 0.6) is 5.88 Å². The number of hydrogen-bond donors (Lipinski definition) is 3. The first-order valence-electron chi connectivity index (χ1n) is 12.4. The van der Waals surface area contributed by atoms with Crippen molar-refractivity contribution in [2.45, 2.75) is 68.3 Å². The van der Waals surface area contributed by atoms with Gasteiger partial charge in [-0.05, 0) is 68.6 Å². The van der Waals surface area contributed by atoms with Crippen LogP contribution in [0.3, 0.4) is 0 Å². The molecule has 0 bridgehead atoms. The molecule has 9 nitrogen and oxygen atoms in total. The monoisotopic (exact) mass is 508 g/mol. The molecule has 1 fully saturated rings. The number of benzene rings is 1. The third kappa shape index (κ3) is 8.37. The molecule has 0 radical (unpaired) electrons. The SMILES string of the molecule is Cc1cc(Nc2cc(OCCCCCCCC=O)nc(Sc3ccc(NC(=O)C4CC4)cc3)n2)n[nH]1. The largest absolute Gasteiger partial charge is 0.478 e. The number of carbonyl (C=O) groups excluding carboxylic acids is 2. The molecule has 0 atom stereocenters. The molecule has 1 aliphatic rings. The molecular weight excluding hydrogens is 476 g/mol. The van der Waals surface area contributed by atoms with Crippen LogP contribution in [0.25, 0.3) is 0 Å². The maximum Gasteiger partial charge on any atom is 0.227 e. The zero-order chi connectivity index (χ0) is 25.2. The van der Waals surface area contributed by atoms with Gasteiger partial charge in [-0.1, -0.05) is 19.3 Å². The number of H-pyrrole nitrogens is 1. The lowest BCUT2D eigenvalue weighted by Crippen LogP contribution is -2.12. The van der Waals surface area contributed by atoms with Crippen molar-refractivity contribution in [1.29, 1.82) is 0 Å². The molecule has 10 heteroatoms. The Labute approximate surface area is 215 Å². The number of anilines is 3. The molecule has 1 amide bonds. The predicted molar refractivity (Wildman–Crippen MR) is 140 cm³/mol. The second-order valence-corrected chi connectivity index (χ2v) is 9.94. The van der Waals surface area contributed by atoms with Crippen LogP contribution in [0.4, 0.5) is 17.3 Å². The van der Waals surface area contributed by atoms with Gasteiger partial charge in [0.05, 0.1) is 6.61 Å². The zero-order valence-electron chi connectivity index (χ0n) is 20.5. The predicted octanol–water partition coefficient (Wildman–Crippen LogP) is 5.67. The Morgan fingerprint density at radius 3 is 2.58 bits per heavy atom. The van der Waals surface area contributed by atoms with Gasteiger partial charge in [-0.3, -0.25) is 9.89 Å². The molecule has 0 aliphatic heterocycles. The van der Waals surface area contributed by atoms with Crippen molar-refractivity contribution >= 4 is 41.3 Å². The quantitative estimate of drug-likeness (QED) is 0.136. The smallest absolute Gasteiger partial charge is 0.227 e. The zero-order valence-corrected chi connectivity index (χ0v) is 21.3. The first kappa shape index (κ1) is 25.7. The number of nitrogens with zero attached hydrogens (tertiary/aromatic N) is 3. The summed E-state index contributed by atoms with van der Waals surface area (Å²) < 4.78 is 5.95. The van der Waals surface area contributed by atoms with E-state index in [-0.39, 0.29) is 11.8 Å². The molecule has 190 valence electrons. The van der Waals surface area contributed by atoms with Crippen molar-refractivity contribution in [3.05, 3.63) is 42.1 Å².